The number of nitrogens with zero attached hydrogens (tertiary/aromatic N) is 1. The average molecular weight is 324 g/mol. The van der Waals surface area contributed by atoms with Gasteiger partial charge in [0.1, 0.15) is 6.54 Å². The summed E-state index contributed by atoms with van der Waals surface area (Å²) >= 11 is 0. The minimum absolute atomic E-state index is 0.0454. The van der Waals surface area contributed by atoms with Gasteiger partial charge in [0, 0.05) is 19.2 Å². The van der Waals surface area contributed by atoms with Gasteiger partial charge in [-0.15, -0.1) is 0 Å². The Bertz CT molecular complexity index is 666. The molecule has 0 spiro atoms. The molecule has 0 aliphatic rings. The first-order valence-electron chi connectivity index (χ1n) is 8.21. The maximum Gasteiger partial charge on any atom is 0.240 e. The Kier molecular flexibility index (Phi) is 6.55. The summed E-state index contributed by atoms with van der Waals surface area (Å²) in [7, 11) is 0. The second-order valence-electron chi connectivity index (χ2n) is 5.88. The predicted molar refractivity (Wildman–Crippen MR) is 97.0 cm³/mol. The summed E-state index contributed by atoms with van der Waals surface area (Å²) in [6, 6.07) is 17.8. The van der Waals surface area contributed by atoms with Crippen LogP contribution in [0.2, 0.25) is 0 Å². The molecule has 0 saturated heterocycles. The average Bonchev–Trinajstić information content (AvgIpc) is 2.58. The highest BCUT2D eigenvalue weighted by Gasteiger charge is 2.15. The van der Waals surface area contributed by atoms with E-state index in [1.807, 2.05) is 49.4 Å². The molecule has 0 heterocycles. The summed E-state index contributed by atoms with van der Waals surface area (Å²) in [6.07, 6.45) is 1.80. The highest BCUT2D eigenvalue weighted by Crippen LogP contribution is 2.15. The van der Waals surface area contributed by atoms with Crippen molar-refractivity contribution in [3.05, 3.63) is 65.7 Å². The zero-order chi connectivity index (χ0) is 17.4. The van der Waals surface area contributed by atoms with Gasteiger partial charge in [-0.25, -0.2) is 0 Å². The number of anilines is 1. The van der Waals surface area contributed by atoms with Crippen molar-refractivity contribution in [1.29, 1.82) is 0 Å². The summed E-state index contributed by atoms with van der Waals surface area (Å²) in [5.41, 5.74) is 3.12. The molecule has 0 fully saturated rings. The summed E-state index contributed by atoms with van der Waals surface area (Å²) < 4.78 is 0. The van der Waals surface area contributed by atoms with Crippen LogP contribution in [0.5, 0.6) is 0 Å². The first-order valence-corrected chi connectivity index (χ1v) is 8.21. The third-order valence-corrected chi connectivity index (χ3v) is 3.83. The molecule has 24 heavy (non-hydrogen) atoms. The Balaban J connectivity index is 1.80. The number of hydrogen-bond donors (Lipinski definition) is 1. The quantitative estimate of drug-likeness (QED) is 0.796. The van der Waals surface area contributed by atoms with Crippen LogP contribution < -0.4 is 10.2 Å². The van der Waals surface area contributed by atoms with Crippen molar-refractivity contribution >= 4 is 17.5 Å². The number of aryl methyl sites for hydroxylation is 2. The monoisotopic (exact) mass is 324 g/mol. The van der Waals surface area contributed by atoms with Crippen molar-refractivity contribution in [2.24, 2.45) is 0 Å². The zero-order valence-electron chi connectivity index (χ0n) is 14.3. The number of benzene rings is 2. The van der Waals surface area contributed by atoms with Crippen LogP contribution in [0.1, 0.15) is 24.5 Å². The van der Waals surface area contributed by atoms with Crippen LogP contribution in [0.3, 0.4) is 0 Å². The van der Waals surface area contributed by atoms with Crippen LogP contribution >= 0.6 is 0 Å². The smallest absolute Gasteiger partial charge is 0.240 e. The van der Waals surface area contributed by atoms with E-state index in [2.05, 4.69) is 17.4 Å². The molecule has 0 aromatic heterocycles. The molecule has 0 atom stereocenters. The fourth-order valence-corrected chi connectivity index (χ4v) is 2.47. The van der Waals surface area contributed by atoms with Gasteiger partial charge in [-0.05, 0) is 37.5 Å². The van der Waals surface area contributed by atoms with E-state index in [1.165, 1.54) is 17.4 Å². The van der Waals surface area contributed by atoms with Crippen LogP contribution in [0.4, 0.5) is 5.69 Å². The second kappa shape index (κ2) is 8.87. The van der Waals surface area contributed by atoms with Gasteiger partial charge in [-0.3, -0.25) is 9.59 Å². The number of carbonyl (C=O) groups excluding carboxylic acids is 2. The molecule has 2 amide bonds. The maximum atomic E-state index is 12.1. The lowest BCUT2D eigenvalue weighted by Crippen LogP contribution is -2.40. The maximum absolute atomic E-state index is 12.1. The van der Waals surface area contributed by atoms with Gasteiger partial charge in [0.25, 0.3) is 0 Å². The van der Waals surface area contributed by atoms with Crippen molar-refractivity contribution in [2.45, 2.75) is 26.7 Å². The lowest BCUT2D eigenvalue weighted by atomic mass is 10.1. The molecular formula is C20H24N2O2. The van der Waals surface area contributed by atoms with Crippen molar-refractivity contribution in [2.75, 3.05) is 18.0 Å². The van der Waals surface area contributed by atoms with E-state index in [1.54, 1.807) is 0 Å². The molecule has 2 rings (SSSR count). The number of hydrogen-bond acceptors (Lipinski definition) is 2. The minimum Gasteiger partial charge on any atom is -0.355 e. The number of carbonyl (C=O) groups is 2. The molecule has 4 heteroatoms. The topological polar surface area (TPSA) is 49.4 Å². The van der Waals surface area contributed by atoms with E-state index in [9.17, 15) is 9.59 Å². The SMILES string of the molecule is CC(=O)N(CC(=O)NCCCc1ccccc1)c1ccc(C)cc1. The lowest BCUT2D eigenvalue weighted by molar-refractivity contribution is -0.123. The van der Waals surface area contributed by atoms with Crippen molar-refractivity contribution < 1.29 is 9.59 Å². The number of amides is 2. The van der Waals surface area contributed by atoms with Crippen LogP contribution in [-0.4, -0.2) is 24.9 Å². The Morgan fingerprint density at radius 1 is 1.00 bits per heavy atom. The summed E-state index contributed by atoms with van der Waals surface area (Å²) in [5, 5.41) is 2.89. The van der Waals surface area contributed by atoms with Crippen molar-refractivity contribution in [1.82, 2.24) is 5.32 Å². The largest absolute Gasteiger partial charge is 0.355 e. The molecule has 0 radical (unpaired) electrons. The fraction of sp³-hybridized carbons (Fsp3) is 0.300. The van der Waals surface area contributed by atoms with E-state index in [4.69, 9.17) is 0 Å². The summed E-state index contributed by atoms with van der Waals surface area (Å²) in [4.78, 5) is 25.4. The molecule has 4 nitrogen and oxygen atoms in total. The van der Waals surface area contributed by atoms with Gasteiger partial charge in [0.05, 0.1) is 0 Å². The van der Waals surface area contributed by atoms with Gasteiger partial charge in [0.2, 0.25) is 11.8 Å². The minimum atomic E-state index is -0.140. The standard InChI is InChI=1S/C20H24N2O2/c1-16-10-12-19(13-11-16)22(17(2)23)15-20(24)21-14-6-9-18-7-4-3-5-8-18/h3-5,7-8,10-13H,6,9,14-15H2,1-2H3,(H,21,24). The third kappa shape index (κ3) is 5.54. The Morgan fingerprint density at radius 3 is 2.29 bits per heavy atom. The van der Waals surface area contributed by atoms with E-state index >= 15 is 0 Å². The highest BCUT2D eigenvalue weighted by atomic mass is 16.2. The molecule has 0 aliphatic carbocycles. The van der Waals surface area contributed by atoms with Gasteiger partial charge in [-0.1, -0.05) is 48.0 Å². The molecule has 0 unspecified atom stereocenters. The molecular weight excluding hydrogens is 300 g/mol. The zero-order valence-corrected chi connectivity index (χ0v) is 14.3. The van der Waals surface area contributed by atoms with E-state index in [-0.39, 0.29) is 18.4 Å². The molecule has 0 bridgehead atoms. The van der Waals surface area contributed by atoms with Crippen LogP contribution in [-0.2, 0) is 16.0 Å². The molecule has 2 aromatic carbocycles. The molecule has 1 N–H and O–H groups in total. The Morgan fingerprint density at radius 2 is 1.67 bits per heavy atom. The van der Waals surface area contributed by atoms with Gasteiger partial charge in [-0.2, -0.15) is 0 Å². The first kappa shape index (κ1) is 17.7. The lowest BCUT2D eigenvalue weighted by Gasteiger charge is -2.20. The Labute approximate surface area is 143 Å². The van der Waals surface area contributed by atoms with Crippen molar-refractivity contribution in [3.63, 3.8) is 0 Å². The normalized spacial score (nSPS) is 10.2. The van der Waals surface area contributed by atoms with Crippen LogP contribution in [0.15, 0.2) is 54.6 Å². The van der Waals surface area contributed by atoms with Gasteiger partial charge in [0.15, 0.2) is 0 Å². The van der Waals surface area contributed by atoms with E-state index < -0.39 is 0 Å². The summed E-state index contributed by atoms with van der Waals surface area (Å²) in [6.45, 7) is 4.11. The first-order chi connectivity index (χ1) is 11.6. The Hall–Kier alpha value is -2.62. The third-order valence-electron chi connectivity index (χ3n) is 3.83. The molecule has 126 valence electrons. The van der Waals surface area contributed by atoms with Crippen molar-refractivity contribution in [3.8, 4) is 0 Å². The molecule has 0 saturated carbocycles. The highest BCUT2D eigenvalue weighted by molar-refractivity contribution is 5.97. The number of rotatable bonds is 7. The predicted octanol–water partition coefficient (Wildman–Crippen LogP) is 3.10. The van der Waals surface area contributed by atoms with E-state index in [0.29, 0.717) is 6.54 Å². The van der Waals surface area contributed by atoms with Crippen LogP contribution in [0, 0.1) is 6.92 Å². The molecule has 0 aliphatic heterocycles. The van der Waals surface area contributed by atoms with Gasteiger partial charge < -0.3 is 10.2 Å². The van der Waals surface area contributed by atoms with Gasteiger partial charge >= 0.3 is 0 Å². The second-order valence-corrected chi connectivity index (χ2v) is 5.88. The molecule has 2 aromatic rings. The number of nitrogens with one attached hydrogen (secondary N) is 1. The van der Waals surface area contributed by atoms with E-state index in [0.717, 1.165) is 24.1 Å². The fourth-order valence-electron chi connectivity index (χ4n) is 2.47. The summed E-state index contributed by atoms with van der Waals surface area (Å²) in [5.74, 6) is -0.280. The van der Waals surface area contributed by atoms with Crippen LogP contribution in [0.25, 0.3) is 0 Å².